The lowest BCUT2D eigenvalue weighted by atomic mass is 9.87. The average Bonchev–Trinajstić information content (AvgIpc) is 2.54. The van der Waals surface area contributed by atoms with Crippen LogP contribution in [-0.2, 0) is 4.74 Å². The van der Waals surface area contributed by atoms with Gasteiger partial charge in [-0.3, -0.25) is 4.68 Å². The molecule has 1 aliphatic rings. The molecule has 1 aliphatic carbocycles. The Kier molecular flexibility index (Phi) is 3.32. The maximum atomic E-state index is 11.6. The minimum absolute atomic E-state index is 0.203. The van der Waals surface area contributed by atoms with E-state index in [0.29, 0.717) is 6.04 Å². The van der Waals surface area contributed by atoms with E-state index in [1.165, 1.54) is 5.56 Å². The largest absolute Gasteiger partial charge is 0.444 e. The summed E-state index contributed by atoms with van der Waals surface area (Å²) in [5, 5.41) is 7.16. The van der Waals surface area contributed by atoms with Crippen molar-refractivity contribution in [3.05, 3.63) is 18.0 Å². The smallest absolute Gasteiger partial charge is 0.407 e. The third-order valence-electron chi connectivity index (χ3n) is 2.94. The monoisotopic (exact) mass is 251 g/mol. The number of ether oxygens (including phenoxy) is 1. The predicted octanol–water partition coefficient (Wildman–Crippen LogP) is 2.42. The molecule has 0 atom stereocenters. The molecule has 0 spiro atoms. The standard InChI is InChI=1S/C13H21N3O2/c1-9-7-14-16(8-9)11-5-10(6-11)15-12(17)18-13(2,3)4/h7-8,10-11H,5-6H2,1-4H3,(H,15,17). The molecule has 0 aliphatic heterocycles. The Morgan fingerprint density at radius 3 is 2.67 bits per heavy atom. The van der Waals surface area contributed by atoms with Crippen molar-refractivity contribution >= 4 is 6.09 Å². The Hall–Kier alpha value is -1.52. The van der Waals surface area contributed by atoms with Gasteiger partial charge in [-0.25, -0.2) is 4.79 Å². The topological polar surface area (TPSA) is 56.2 Å². The Labute approximate surface area is 108 Å². The molecule has 5 heteroatoms. The van der Waals surface area contributed by atoms with E-state index in [4.69, 9.17) is 4.74 Å². The fraction of sp³-hybridized carbons (Fsp3) is 0.692. The molecular weight excluding hydrogens is 230 g/mol. The summed E-state index contributed by atoms with van der Waals surface area (Å²) in [4.78, 5) is 11.6. The van der Waals surface area contributed by atoms with Gasteiger partial charge in [0.15, 0.2) is 0 Å². The van der Waals surface area contributed by atoms with Crippen LogP contribution in [0.2, 0.25) is 0 Å². The molecule has 18 heavy (non-hydrogen) atoms. The molecular formula is C13H21N3O2. The quantitative estimate of drug-likeness (QED) is 0.878. The van der Waals surface area contributed by atoms with Gasteiger partial charge in [-0.15, -0.1) is 0 Å². The second-order valence-corrected chi connectivity index (χ2v) is 5.97. The number of nitrogens with zero attached hydrogens (tertiary/aromatic N) is 2. The van der Waals surface area contributed by atoms with Crippen molar-refractivity contribution in [3.8, 4) is 0 Å². The number of alkyl carbamates (subject to hydrolysis) is 1. The van der Waals surface area contributed by atoms with E-state index in [1.807, 2.05) is 44.8 Å². The van der Waals surface area contributed by atoms with Crippen LogP contribution in [0.3, 0.4) is 0 Å². The first-order valence-electron chi connectivity index (χ1n) is 6.34. The highest BCUT2D eigenvalue weighted by Crippen LogP contribution is 2.31. The van der Waals surface area contributed by atoms with Crippen molar-refractivity contribution < 1.29 is 9.53 Å². The normalized spacial score (nSPS) is 23.3. The van der Waals surface area contributed by atoms with Crippen LogP contribution >= 0.6 is 0 Å². The second kappa shape index (κ2) is 4.63. The van der Waals surface area contributed by atoms with E-state index in [1.54, 1.807) is 0 Å². The van der Waals surface area contributed by atoms with Gasteiger partial charge in [-0.1, -0.05) is 0 Å². The Balaban J connectivity index is 1.75. The number of nitrogens with one attached hydrogen (secondary N) is 1. The molecule has 0 aromatic carbocycles. The number of hydrogen-bond donors (Lipinski definition) is 1. The van der Waals surface area contributed by atoms with Crippen LogP contribution in [0.25, 0.3) is 0 Å². The van der Waals surface area contributed by atoms with Crippen LogP contribution in [0.1, 0.15) is 45.2 Å². The highest BCUT2D eigenvalue weighted by atomic mass is 16.6. The van der Waals surface area contributed by atoms with Gasteiger partial charge < -0.3 is 10.1 Å². The van der Waals surface area contributed by atoms with E-state index in [-0.39, 0.29) is 12.1 Å². The summed E-state index contributed by atoms with van der Waals surface area (Å²) in [6, 6.07) is 0.605. The van der Waals surface area contributed by atoms with Gasteiger partial charge in [0.25, 0.3) is 0 Å². The molecule has 1 N–H and O–H groups in total. The van der Waals surface area contributed by atoms with Crippen molar-refractivity contribution in [1.82, 2.24) is 15.1 Å². The Morgan fingerprint density at radius 1 is 1.50 bits per heavy atom. The number of carbonyl (C=O) groups excluding carboxylic acids is 1. The Bertz CT molecular complexity index is 428. The molecule has 0 saturated heterocycles. The first kappa shape index (κ1) is 12.9. The molecule has 0 unspecified atom stereocenters. The predicted molar refractivity (Wildman–Crippen MR) is 68.4 cm³/mol. The highest BCUT2D eigenvalue weighted by Gasteiger charge is 2.33. The number of aryl methyl sites for hydroxylation is 1. The van der Waals surface area contributed by atoms with Crippen molar-refractivity contribution in [1.29, 1.82) is 0 Å². The average molecular weight is 251 g/mol. The van der Waals surface area contributed by atoms with Crippen LogP contribution < -0.4 is 5.32 Å². The summed E-state index contributed by atoms with van der Waals surface area (Å²) < 4.78 is 7.19. The van der Waals surface area contributed by atoms with Gasteiger partial charge in [0.2, 0.25) is 0 Å². The van der Waals surface area contributed by atoms with Crippen molar-refractivity contribution in [2.75, 3.05) is 0 Å². The molecule has 2 rings (SSSR count). The molecule has 0 radical (unpaired) electrons. The molecule has 5 nitrogen and oxygen atoms in total. The summed E-state index contributed by atoms with van der Waals surface area (Å²) in [6.45, 7) is 7.62. The summed E-state index contributed by atoms with van der Waals surface area (Å²) in [5.74, 6) is 0. The zero-order chi connectivity index (χ0) is 13.3. The minimum Gasteiger partial charge on any atom is -0.444 e. The van der Waals surface area contributed by atoms with Crippen LogP contribution in [0, 0.1) is 6.92 Å². The number of aromatic nitrogens is 2. The van der Waals surface area contributed by atoms with E-state index in [2.05, 4.69) is 10.4 Å². The SMILES string of the molecule is Cc1cnn(C2CC(NC(=O)OC(C)(C)C)C2)c1. The van der Waals surface area contributed by atoms with Crippen LogP contribution in [0.4, 0.5) is 4.79 Å². The Morgan fingerprint density at radius 2 is 2.17 bits per heavy atom. The zero-order valence-corrected chi connectivity index (χ0v) is 11.4. The number of rotatable bonds is 2. The lowest BCUT2D eigenvalue weighted by Crippen LogP contribution is -2.46. The number of amides is 1. The van der Waals surface area contributed by atoms with Crippen molar-refractivity contribution in [2.45, 2.75) is 58.2 Å². The van der Waals surface area contributed by atoms with Gasteiger partial charge in [0, 0.05) is 12.2 Å². The van der Waals surface area contributed by atoms with Gasteiger partial charge in [0.1, 0.15) is 5.60 Å². The number of carbonyl (C=O) groups is 1. The lowest BCUT2D eigenvalue weighted by molar-refractivity contribution is 0.0452. The summed E-state index contributed by atoms with van der Waals surface area (Å²) >= 11 is 0. The van der Waals surface area contributed by atoms with Gasteiger partial charge in [0.05, 0.1) is 12.2 Å². The molecule has 100 valence electrons. The third-order valence-corrected chi connectivity index (χ3v) is 2.94. The zero-order valence-electron chi connectivity index (χ0n) is 11.4. The third kappa shape index (κ3) is 3.24. The fourth-order valence-corrected chi connectivity index (χ4v) is 2.03. The highest BCUT2D eigenvalue weighted by molar-refractivity contribution is 5.68. The summed E-state index contributed by atoms with van der Waals surface area (Å²) in [5.41, 5.74) is 0.727. The van der Waals surface area contributed by atoms with Gasteiger partial charge >= 0.3 is 6.09 Å². The number of hydrogen-bond acceptors (Lipinski definition) is 3. The minimum atomic E-state index is -0.438. The van der Waals surface area contributed by atoms with Gasteiger partial charge in [-0.2, -0.15) is 5.10 Å². The first-order chi connectivity index (χ1) is 8.33. The van der Waals surface area contributed by atoms with Crippen molar-refractivity contribution in [2.24, 2.45) is 0 Å². The maximum Gasteiger partial charge on any atom is 0.407 e. The molecule has 1 amide bonds. The van der Waals surface area contributed by atoms with Crippen LogP contribution in [0.15, 0.2) is 12.4 Å². The van der Waals surface area contributed by atoms with Crippen LogP contribution in [0.5, 0.6) is 0 Å². The molecule has 1 heterocycles. The summed E-state index contributed by atoms with van der Waals surface area (Å²) in [7, 11) is 0. The van der Waals surface area contributed by atoms with Crippen LogP contribution in [-0.4, -0.2) is 27.5 Å². The molecule has 0 bridgehead atoms. The maximum absolute atomic E-state index is 11.6. The molecule has 1 fully saturated rings. The molecule has 1 aromatic heterocycles. The molecule has 1 saturated carbocycles. The van der Waals surface area contributed by atoms with E-state index in [9.17, 15) is 4.79 Å². The molecule has 1 aromatic rings. The fourth-order valence-electron chi connectivity index (χ4n) is 2.03. The first-order valence-corrected chi connectivity index (χ1v) is 6.34. The second-order valence-electron chi connectivity index (χ2n) is 5.97. The van der Waals surface area contributed by atoms with E-state index in [0.717, 1.165) is 12.8 Å². The lowest BCUT2D eigenvalue weighted by Gasteiger charge is -2.36. The van der Waals surface area contributed by atoms with Gasteiger partial charge in [-0.05, 0) is 46.1 Å². The van der Waals surface area contributed by atoms with E-state index >= 15 is 0 Å². The van der Waals surface area contributed by atoms with E-state index < -0.39 is 5.60 Å². The van der Waals surface area contributed by atoms with Crippen molar-refractivity contribution in [3.63, 3.8) is 0 Å². The summed E-state index contributed by atoms with van der Waals surface area (Å²) in [6.07, 6.45) is 5.39.